The predicted molar refractivity (Wildman–Crippen MR) is 109 cm³/mol. The third kappa shape index (κ3) is 6.77. The summed E-state index contributed by atoms with van der Waals surface area (Å²) in [6.07, 6.45) is 3.17. The Kier molecular flexibility index (Phi) is 7.11. The smallest absolute Gasteiger partial charge is 0.408 e. The molecule has 1 aromatic carbocycles. The van der Waals surface area contributed by atoms with Crippen LogP contribution in [0.25, 0.3) is 0 Å². The molecule has 2 amide bonds. The topological polar surface area (TPSA) is 70.7 Å². The third-order valence-corrected chi connectivity index (χ3v) is 4.48. The van der Waals surface area contributed by atoms with Gasteiger partial charge in [0.15, 0.2) is 0 Å². The van der Waals surface area contributed by atoms with E-state index in [0.717, 1.165) is 18.8 Å². The van der Waals surface area contributed by atoms with Crippen LogP contribution in [0.4, 0.5) is 16.2 Å². The maximum absolute atomic E-state index is 12.6. The highest BCUT2D eigenvalue weighted by Gasteiger charge is 2.27. The van der Waals surface area contributed by atoms with Crippen LogP contribution in [-0.2, 0) is 9.53 Å². The number of hydrogen-bond donors (Lipinski definition) is 2. The Morgan fingerprint density at radius 1 is 1.04 bits per heavy atom. The molecule has 27 heavy (non-hydrogen) atoms. The molecule has 1 unspecified atom stereocenters. The normalized spacial score (nSPS) is 16.0. The molecule has 0 saturated carbocycles. The molecule has 2 N–H and O–H groups in total. The molecular formula is C21H33N3O3. The highest BCUT2D eigenvalue weighted by Crippen LogP contribution is 2.22. The molecule has 6 heteroatoms. The molecule has 0 spiro atoms. The van der Waals surface area contributed by atoms with Gasteiger partial charge in [0.1, 0.15) is 11.6 Å². The lowest BCUT2D eigenvalue weighted by Gasteiger charge is -2.29. The number of anilines is 2. The molecule has 0 radical (unpaired) electrons. The minimum atomic E-state index is -0.665. The van der Waals surface area contributed by atoms with E-state index in [2.05, 4.69) is 15.5 Å². The predicted octanol–water partition coefficient (Wildman–Crippen LogP) is 4.16. The fraction of sp³-hybridized carbons (Fsp3) is 0.619. The number of nitrogens with one attached hydrogen (secondary N) is 2. The van der Waals surface area contributed by atoms with Gasteiger partial charge in [-0.2, -0.15) is 0 Å². The molecule has 2 rings (SSSR count). The molecule has 1 aliphatic rings. The number of carbonyl (C=O) groups excluding carboxylic acids is 2. The van der Waals surface area contributed by atoms with E-state index in [0.29, 0.717) is 0 Å². The highest BCUT2D eigenvalue weighted by atomic mass is 16.6. The average molecular weight is 376 g/mol. The minimum Gasteiger partial charge on any atom is -0.444 e. The number of piperidine rings is 1. The zero-order valence-electron chi connectivity index (χ0n) is 17.2. The molecule has 1 fully saturated rings. The third-order valence-electron chi connectivity index (χ3n) is 4.48. The lowest BCUT2D eigenvalue weighted by molar-refractivity contribution is -0.119. The summed E-state index contributed by atoms with van der Waals surface area (Å²) in [6.45, 7) is 11.3. The Morgan fingerprint density at radius 2 is 1.63 bits per heavy atom. The van der Waals surface area contributed by atoms with Crippen molar-refractivity contribution in [1.82, 2.24) is 5.32 Å². The standard InChI is InChI=1S/C21H33N3O3/c1-15(2)18(23-20(26)27-21(3,4)5)19(25)22-16-9-11-17(12-10-16)24-13-7-6-8-14-24/h9-12,15,18H,6-8,13-14H2,1-5H3,(H,22,25)(H,23,26). The van der Waals surface area contributed by atoms with Crippen molar-refractivity contribution in [1.29, 1.82) is 0 Å². The van der Waals surface area contributed by atoms with Crippen molar-refractivity contribution in [3.8, 4) is 0 Å². The van der Waals surface area contributed by atoms with E-state index in [9.17, 15) is 9.59 Å². The molecular weight excluding hydrogens is 342 g/mol. The Hall–Kier alpha value is -2.24. The Morgan fingerprint density at radius 3 is 2.15 bits per heavy atom. The maximum Gasteiger partial charge on any atom is 0.408 e. The number of alkyl carbamates (subject to hydrolysis) is 1. The van der Waals surface area contributed by atoms with E-state index in [1.54, 1.807) is 20.8 Å². The van der Waals surface area contributed by atoms with Crippen LogP contribution in [0.2, 0.25) is 0 Å². The van der Waals surface area contributed by atoms with Gasteiger partial charge in [0.05, 0.1) is 0 Å². The van der Waals surface area contributed by atoms with E-state index in [1.165, 1.54) is 24.9 Å². The molecule has 1 aliphatic heterocycles. The number of benzene rings is 1. The molecule has 1 saturated heterocycles. The van der Waals surface area contributed by atoms with Gasteiger partial charge in [-0.25, -0.2) is 4.79 Å². The van der Waals surface area contributed by atoms with Crippen molar-refractivity contribution >= 4 is 23.4 Å². The van der Waals surface area contributed by atoms with Crippen molar-refractivity contribution < 1.29 is 14.3 Å². The van der Waals surface area contributed by atoms with Crippen LogP contribution < -0.4 is 15.5 Å². The van der Waals surface area contributed by atoms with Gasteiger partial charge in [-0.15, -0.1) is 0 Å². The van der Waals surface area contributed by atoms with Gasteiger partial charge >= 0.3 is 6.09 Å². The molecule has 0 aromatic heterocycles. The second-order valence-corrected chi connectivity index (χ2v) is 8.45. The number of ether oxygens (including phenoxy) is 1. The molecule has 1 aromatic rings. The van der Waals surface area contributed by atoms with Crippen molar-refractivity contribution in [2.45, 2.75) is 65.5 Å². The molecule has 1 heterocycles. The lowest BCUT2D eigenvalue weighted by Crippen LogP contribution is -2.48. The monoisotopic (exact) mass is 375 g/mol. The van der Waals surface area contributed by atoms with E-state index in [1.807, 2.05) is 38.1 Å². The molecule has 0 aliphatic carbocycles. The minimum absolute atomic E-state index is 0.0647. The number of nitrogens with zero attached hydrogens (tertiary/aromatic N) is 1. The van der Waals surface area contributed by atoms with Gasteiger partial charge in [-0.3, -0.25) is 4.79 Å². The SMILES string of the molecule is CC(C)C(NC(=O)OC(C)(C)C)C(=O)Nc1ccc(N2CCCCC2)cc1. The zero-order valence-corrected chi connectivity index (χ0v) is 17.2. The van der Waals surface area contributed by atoms with Gasteiger partial charge in [-0.1, -0.05) is 13.8 Å². The fourth-order valence-corrected chi connectivity index (χ4v) is 3.10. The van der Waals surface area contributed by atoms with Crippen molar-refractivity contribution in [3.63, 3.8) is 0 Å². The summed E-state index contributed by atoms with van der Waals surface area (Å²) in [5.74, 6) is -0.313. The molecule has 1 atom stereocenters. The quantitative estimate of drug-likeness (QED) is 0.810. The summed E-state index contributed by atoms with van der Waals surface area (Å²) in [4.78, 5) is 27.1. The number of rotatable bonds is 5. The summed E-state index contributed by atoms with van der Waals surface area (Å²) in [6, 6.07) is 7.22. The van der Waals surface area contributed by atoms with Gasteiger partial charge in [0, 0.05) is 24.5 Å². The van der Waals surface area contributed by atoms with Crippen LogP contribution in [0.15, 0.2) is 24.3 Å². The summed E-state index contributed by atoms with van der Waals surface area (Å²) in [5, 5.41) is 5.57. The largest absolute Gasteiger partial charge is 0.444 e. The zero-order chi connectivity index (χ0) is 20.0. The second-order valence-electron chi connectivity index (χ2n) is 8.45. The first kappa shape index (κ1) is 21.1. The van der Waals surface area contributed by atoms with E-state index < -0.39 is 17.7 Å². The number of carbonyl (C=O) groups is 2. The summed E-state index contributed by atoms with van der Waals surface area (Å²) >= 11 is 0. The van der Waals surface area contributed by atoms with Gasteiger partial charge < -0.3 is 20.3 Å². The Bertz CT molecular complexity index is 629. The van der Waals surface area contributed by atoms with Crippen molar-refractivity contribution in [2.24, 2.45) is 5.92 Å². The van der Waals surface area contributed by atoms with Crippen molar-refractivity contribution in [2.75, 3.05) is 23.3 Å². The van der Waals surface area contributed by atoms with E-state index in [4.69, 9.17) is 4.74 Å². The Balaban J connectivity index is 1.97. The molecule has 0 bridgehead atoms. The van der Waals surface area contributed by atoms with Crippen LogP contribution in [0, 0.1) is 5.92 Å². The fourth-order valence-electron chi connectivity index (χ4n) is 3.10. The van der Waals surface area contributed by atoms with Gasteiger partial charge in [0.25, 0.3) is 0 Å². The lowest BCUT2D eigenvalue weighted by atomic mass is 10.0. The first-order valence-corrected chi connectivity index (χ1v) is 9.81. The summed E-state index contributed by atoms with van der Waals surface area (Å²) in [7, 11) is 0. The molecule has 150 valence electrons. The molecule has 6 nitrogen and oxygen atoms in total. The van der Waals surface area contributed by atoms with E-state index in [-0.39, 0.29) is 11.8 Å². The first-order chi connectivity index (χ1) is 12.7. The van der Waals surface area contributed by atoms with Gasteiger partial charge in [-0.05, 0) is 70.2 Å². The maximum atomic E-state index is 12.6. The second kappa shape index (κ2) is 9.11. The van der Waals surface area contributed by atoms with Crippen LogP contribution in [-0.4, -0.2) is 36.7 Å². The van der Waals surface area contributed by atoms with Crippen LogP contribution in [0.3, 0.4) is 0 Å². The van der Waals surface area contributed by atoms with Crippen molar-refractivity contribution in [3.05, 3.63) is 24.3 Å². The van der Waals surface area contributed by atoms with Crippen LogP contribution >= 0.6 is 0 Å². The number of hydrogen-bond acceptors (Lipinski definition) is 4. The van der Waals surface area contributed by atoms with E-state index >= 15 is 0 Å². The number of amides is 2. The summed E-state index contributed by atoms with van der Waals surface area (Å²) < 4.78 is 5.27. The average Bonchev–Trinajstić information content (AvgIpc) is 2.59. The van der Waals surface area contributed by atoms with Crippen LogP contribution in [0.5, 0.6) is 0 Å². The first-order valence-electron chi connectivity index (χ1n) is 9.81. The Labute approximate surface area is 162 Å². The highest BCUT2D eigenvalue weighted by molar-refractivity contribution is 5.96. The van der Waals surface area contributed by atoms with Crippen LogP contribution in [0.1, 0.15) is 53.9 Å². The summed E-state index contributed by atoms with van der Waals surface area (Å²) in [5.41, 5.74) is 1.30. The van der Waals surface area contributed by atoms with Gasteiger partial charge in [0.2, 0.25) is 5.91 Å².